The number of aromatic nitrogens is 2. The number of hydrogen-bond donors (Lipinski definition) is 0. The first-order valence-electron chi connectivity index (χ1n) is 14.8. The lowest BCUT2D eigenvalue weighted by molar-refractivity contribution is -0.192. The van der Waals surface area contributed by atoms with Crippen molar-refractivity contribution in [3.05, 3.63) is 88.7 Å². The topological polar surface area (TPSA) is 109 Å². The second kappa shape index (κ2) is 13.9. The number of rotatable bonds is 11. The van der Waals surface area contributed by atoms with E-state index in [0.29, 0.717) is 54.2 Å². The van der Waals surface area contributed by atoms with E-state index in [4.69, 9.17) is 35.3 Å². The molecule has 4 aromatic rings. The van der Waals surface area contributed by atoms with Crippen molar-refractivity contribution in [3.63, 3.8) is 0 Å². The van der Waals surface area contributed by atoms with Gasteiger partial charge in [-0.25, -0.2) is 26.5 Å². The van der Waals surface area contributed by atoms with Gasteiger partial charge >= 0.3 is 0 Å². The molecule has 1 unspecified atom stereocenters. The van der Waals surface area contributed by atoms with E-state index in [-0.39, 0.29) is 30.1 Å². The quantitative estimate of drug-likeness (QED) is 0.171. The van der Waals surface area contributed by atoms with E-state index in [0.717, 1.165) is 33.9 Å². The molecule has 2 fully saturated rings. The Morgan fingerprint density at radius 3 is 2.47 bits per heavy atom. The average molecular weight is 708 g/mol. The first-order chi connectivity index (χ1) is 22.6. The molecule has 1 aliphatic heterocycles. The highest BCUT2D eigenvalue weighted by Crippen LogP contribution is 2.46. The van der Waals surface area contributed by atoms with Crippen molar-refractivity contribution < 1.29 is 40.9 Å². The van der Waals surface area contributed by atoms with E-state index in [1.54, 1.807) is 18.2 Å². The van der Waals surface area contributed by atoms with Gasteiger partial charge in [0.1, 0.15) is 28.5 Å². The van der Waals surface area contributed by atoms with Crippen LogP contribution in [0.25, 0.3) is 0 Å². The van der Waals surface area contributed by atoms with Crippen molar-refractivity contribution in [2.24, 2.45) is 5.92 Å². The number of benzene rings is 3. The van der Waals surface area contributed by atoms with Gasteiger partial charge in [0.2, 0.25) is 5.13 Å². The minimum absolute atomic E-state index is 0.0123. The summed E-state index contributed by atoms with van der Waals surface area (Å²) in [6, 6.07) is 13.7. The molecule has 0 radical (unpaired) electrons. The zero-order valence-electron chi connectivity index (χ0n) is 25.5. The fraction of sp³-hybridized carbons (Fsp3) is 0.375. The van der Waals surface area contributed by atoms with E-state index in [1.165, 1.54) is 20.5 Å². The van der Waals surface area contributed by atoms with Crippen LogP contribution in [0.3, 0.4) is 0 Å². The van der Waals surface area contributed by atoms with Gasteiger partial charge in [-0.1, -0.05) is 23.7 Å². The van der Waals surface area contributed by atoms with Crippen molar-refractivity contribution >= 4 is 38.3 Å². The lowest BCUT2D eigenvalue weighted by atomic mass is 9.73. The molecule has 0 N–H and O–H groups in total. The molecule has 2 aliphatic rings. The van der Waals surface area contributed by atoms with Crippen LogP contribution in [0.15, 0.2) is 65.8 Å². The molecule has 1 saturated heterocycles. The van der Waals surface area contributed by atoms with E-state index in [1.807, 2.05) is 24.3 Å². The zero-order chi connectivity index (χ0) is 33.2. The Labute approximate surface area is 280 Å². The summed E-state index contributed by atoms with van der Waals surface area (Å²) >= 11 is 6.90. The van der Waals surface area contributed by atoms with Gasteiger partial charge in [-0.2, -0.15) is 4.37 Å². The maximum absolute atomic E-state index is 15.7. The summed E-state index contributed by atoms with van der Waals surface area (Å²) in [7, 11) is -1.78. The maximum Gasteiger partial charge on any atom is 0.269 e. The number of ether oxygens (including phenoxy) is 5. The third-order valence-electron chi connectivity index (χ3n) is 8.47. The molecule has 10 nitrogen and oxygen atoms in total. The highest BCUT2D eigenvalue weighted by molar-refractivity contribution is 7.93. The predicted molar refractivity (Wildman–Crippen MR) is 171 cm³/mol. The zero-order valence-corrected chi connectivity index (χ0v) is 27.9. The molecule has 3 aromatic carbocycles. The SMILES string of the molecule is COc1ccc(CN(c2ncns2)S(=O)(=O)c2cc(F)c(OCC3CC4(CC[C@H]3c3ccc(Cl)cc3)OCCO4)cc2F)c(OC)c1. The summed E-state index contributed by atoms with van der Waals surface area (Å²) < 4.78 is 92.4. The van der Waals surface area contributed by atoms with E-state index >= 15 is 8.78 Å². The predicted octanol–water partition coefficient (Wildman–Crippen LogP) is 6.59. The van der Waals surface area contributed by atoms with Crippen molar-refractivity contribution in [1.82, 2.24) is 9.36 Å². The summed E-state index contributed by atoms with van der Waals surface area (Å²) in [6.07, 6.45) is 3.07. The molecule has 15 heteroatoms. The Balaban J connectivity index is 1.26. The number of halogens is 3. The number of nitrogens with zero attached hydrogens (tertiary/aromatic N) is 3. The number of methoxy groups -OCH3 is 2. The van der Waals surface area contributed by atoms with Crippen LogP contribution in [0.2, 0.25) is 5.02 Å². The lowest BCUT2D eigenvalue weighted by Gasteiger charge is -2.41. The molecule has 1 aromatic heterocycles. The monoisotopic (exact) mass is 707 g/mol. The Bertz CT molecular complexity index is 1810. The maximum atomic E-state index is 15.7. The summed E-state index contributed by atoms with van der Waals surface area (Å²) in [5.74, 6) is -2.72. The molecular weight excluding hydrogens is 676 g/mol. The molecular formula is C32H32ClF2N3O7S2. The normalized spacial score (nSPS) is 19.1. The van der Waals surface area contributed by atoms with Crippen LogP contribution in [0.5, 0.6) is 17.2 Å². The molecule has 2 heterocycles. The van der Waals surface area contributed by atoms with Gasteiger partial charge in [0.05, 0.1) is 40.6 Å². The first-order valence-corrected chi connectivity index (χ1v) is 17.4. The Morgan fingerprint density at radius 1 is 1.02 bits per heavy atom. The third kappa shape index (κ3) is 7.02. The van der Waals surface area contributed by atoms with Gasteiger partial charge in [-0.05, 0) is 42.2 Å². The van der Waals surface area contributed by atoms with E-state index < -0.39 is 38.1 Å². The Morgan fingerprint density at radius 2 is 1.79 bits per heavy atom. The largest absolute Gasteiger partial charge is 0.497 e. The van der Waals surface area contributed by atoms with Crippen molar-refractivity contribution in [3.8, 4) is 17.2 Å². The van der Waals surface area contributed by atoms with Crippen LogP contribution in [0, 0.1) is 17.6 Å². The molecule has 250 valence electrons. The highest BCUT2D eigenvalue weighted by atomic mass is 35.5. The third-order valence-corrected chi connectivity index (χ3v) is 11.3. The van der Waals surface area contributed by atoms with Gasteiger partial charge in [0.25, 0.3) is 10.0 Å². The fourth-order valence-electron chi connectivity index (χ4n) is 6.14. The molecule has 1 aliphatic carbocycles. The van der Waals surface area contributed by atoms with Crippen LogP contribution < -0.4 is 18.5 Å². The molecule has 2 atom stereocenters. The highest BCUT2D eigenvalue weighted by Gasteiger charge is 2.46. The molecule has 0 amide bonds. The number of anilines is 1. The number of hydrogen-bond acceptors (Lipinski definition) is 10. The smallest absolute Gasteiger partial charge is 0.269 e. The Kier molecular flexibility index (Phi) is 9.85. The van der Waals surface area contributed by atoms with Crippen LogP contribution in [-0.4, -0.2) is 57.6 Å². The minimum Gasteiger partial charge on any atom is -0.497 e. The van der Waals surface area contributed by atoms with Gasteiger partial charge < -0.3 is 23.7 Å². The van der Waals surface area contributed by atoms with Gasteiger partial charge in [0.15, 0.2) is 17.4 Å². The summed E-state index contributed by atoms with van der Waals surface area (Å²) in [6.45, 7) is 0.671. The first kappa shape index (κ1) is 33.3. The van der Waals surface area contributed by atoms with Crippen LogP contribution in [-0.2, 0) is 26.0 Å². The molecule has 47 heavy (non-hydrogen) atoms. The van der Waals surface area contributed by atoms with Gasteiger partial charge in [-0.15, -0.1) is 0 Å². The second-order valence-corrected chi connectivity index (χ2v) is 14.2. The van der Waals surface area contributed by atoms with Gasteiger partial charge in [-0.3, -0.25) is 0 Å². The Hall–Kier alpha value is -3.56. The summed E-state index contributed by atoms with van der Waals surface area (Å²) in [4.78, 5) is 3.15. The second-order valence-electron chi connectivity index (χ2n) is 11.2. The van der Waals surface area contributed by atoms with Crippen molar-refractivity contribution in [1.29, 1.82) is 0 Å². The number of sulfonamides is 1. The minimum atomic E-state index is -4.69. The summed E-state index contributed by atoms with van der Waals surface area (Å²) in [5.41, 5.74) is 1.47. The van der Waals surface area contributed by atoms with Crippen LogP contribution in [0.1, 0.15) is 36.3 Å². The standard InChI is InChI=1S/C32H32ClF2N3O7S2/c1-41-24-8-5-21(28(13-24)42-2)17-38(31-36-19-37-46-31)47(39,40)30-15-26(34)29(14-27(30)35)43-18-22-16-32(44-11-12-45-32)10-9-25(22)20-3-6-23(33)7-4-20/h3-8,13-15,19,22,25H,9-12,16-18H2,1-2H3/t22?,25-/m0/s1. The van der Waals surface area contributed by atoms with Crippen LogP contribution in [0.4, 0.5) is 13.9 Å². The summed E-state index contributed by atoms with van der Waals surface area (Å²) in [5, 5.41) is 0.565. The fourth-order valence-corrected chi connectivity index (χ4v) is 8.46. The van der Waals surface area contributed by atoms with E-state index in [2.05, 4.69) is 9.36 Å². The average Bonchev–Trinajstić information content (AvgIpc) is 3.77. The van der Waals surface area contributed by atoms with Crippen molar-refractivity contribution in [2.45, 2.75) is 42.4 Å². The lowest BCUT2D eigenvalue weighted by Crippen LogP contribution is -2.41. The molecule has 1 spiro atoms. The molecule has 1 saturated carbocycles. The van der Waals surface area contributed by atoms with E-state index in [9.17, 15) is 8.42 Å². The van der Waals surface area contributed by atoms with Gasteiger partial charge in [0, 0.05) is 59.1 Å². The molecule has 6 rings (SSSR count). The van der Waals surface area contributed by atoms with Crippen molar-refractivity contribution in [2.75, 3.05) is 38.3 Å². The molecule has 0 bridgehead atoms. The van der Waals surface area contributed by atoms with Crippen LogP contribution >= 0.6 is 23.1 Å².